The molecule has 1 N–H and O–H groups in total. The number of anilines is 2. The van der Waals surface area contributed by atoms with Gasteiger partial charge in [0.1, 0.15) is 17.2 Å². The van der Waals surface area contributed by atoms with Gasteiger partial charge in [-0.3, -0.25) is 9.88 Å². The van der Waals surface area contributed by atoms with Crippen LogP contribution >= 0.6 is 0 Å². The van der Waals surface area contributed by atoms with Crippen molar-refractivity contribution in [1.82, 2.24) is 19.9 Å². The van der Waals surface area contributed by atoms with Gasteiger partial charge in [0, 0.05) is 69.6 Å². The van der Waals surface area contributed by atoms with Gasteiger partial charge in [0.15, 0.2) is 11.6 Å². The molecule has 7 nitrogen and oxygen atoms in total. The number of nitrogens with zero attached hydrogens (tertiary/aromatic N) is 5. The Morgan fingerprint density at radius 1 is 1.06 bits per heavy atom. The minimum atomic E-state index is -0.555. The number of nitrogens with one attached hydrogen (secondary N) is 1. The third-order valence-electron chi connectivity index (χ3n) is 6.25. The van der Waals surface area contributed by atoms with Crippen LogP contribution < -0.4 is 10.2 Å². The number of fused-ring (bicyclic) bond motifs is 1. The lowest BCUT2D eigenvalue weighted by Gasteiger charge is -2.36. The molecule has 0 unspecified atom stereocenters. The molecule has 3 aromatic rings. The Balaban J connectivity index is 1.55. The summed E-state index contributed by atoms with van der Waals surface area (Å²) in [6.45, 7) is 11.6. The topological polar surface area (TPSA) is 66.4 Å². The van der Waals surface area contributed by atoms with Crippen LogP contribution in [-0.4, -0.2) is 64.8 Å². The molecule has 1 saturated heterocycles. The van der Waals surface area contributed by atoms with E-state index in [-0.39, 0.29) is 11.6 Å². The lowest BCUT2D eigenvalue weighted by atomic mass is 10.0. The van der Waals surface area contributed by atoms with Crippen LogP contribution in [0.15, 0.2) is 30.5 Å². The second kappa shape index (κ2) is 10.4. The Bertz CT molecular complexity index is 1180. The number of piperazine rings is 1. The molecule has 9 heteroatoms. The van der Waals surface area contributed by atoms with Crippen molar-refractivity contribution in [2.24, 2.45) is 0 Å². The summed E-state index contributed by atoms with van der Waals surface area (Å²) in [5.74, 6) is 0.483. The van der Waals surface area contributed by atoms with Crippen molar-refractivity contribution in [3.63, 3.8) is 0 Å². The minimum absolute atomic E-state index is 0.193. The highest BCUT2D eigenvalue weighted by atomic mass is 19.1. The summed E-state index contributed by atoms with van der Waals surface area (Å²) in [7, 11) is 1.70. The summed E-state index contributed by atoms with van der Waals surface area (Å²) in [6, 6.07) is 5.95. The van der Waals surface area contributed by atoms with E-state index in [4.69, 9.17) is 14.7 Å². The molecule has 35 heavy (non-hydrogen) atoms. The first-order valence-corrected chi connectivity index (χ1v) is 12.0. The highest BCUT2D eigenvalue weighted by Crippen LogP contribution is 2.28. The van der Waals surface area contributed by atoms with Crippen LogP contribution in [0.5, 0.6) is 0 Å². The lowest BCUT2D eigenvalue weighted by molar-refractivity contribution is 0.0224. The maximum atomic E-state index is 14.1. The van der Waals surface area contributed by atoms with Gasteiger partial charge in [-0.1, -0.05) is 6.07 Å². The second-order valence-electron chi connectivity index (χ2n) is 10.00. The van der Waals surface area contributed by atoms with Crippen LogP contribution in [0, 0.1) is 11.6 Å². The Labute approximate surface area is 205 Å². The maximum absolute atomic E-state index is 14.1. The fourth-order valence-corrected chi connectivity index (χ4v) is 4.20. The zero-order chi connectivity index (χ0) is 25.2. The molecular weight excluding hydrogens is 450 g/mol. The van der Waals surface area contributed by atoms with Gasteiger partial charge in [0.25, 0.3) is 0 Å². The van der Waals surface area contributed by atoms with E-state index in [1.54, 1.807) is 13.3 Å². The van der Waals surface area contributed by atoms with Gasteiger partial charge in [0.05, 0.1) is 17.3 Å². The van der Waals surface area contributed by atoms with Gasteiger partial charge < -0.3 is 15.0 Å². The highest BCUT2D eigenvalue weighted by molar-refractivity contribution is 5.80. The fraction of sp³-hybridized carbons (Fsp3) is 0.500. The van der Waals surface area contributed by atoms with Crippen molar-refractivity contribution < 1.29 is 13.5 Å². The van der Waals surface area contributed by atoms with Crippen molar-refractivity contribution in [3.05, 3.63) is 53.4 Å². The number of methoxy groups -OCH3 is 1. The summed E-state index contributed by atoms with van der Waals surface area (Å²) < 4.78 is 32.9. The number of pyridine rings is 1. The summed E-state index contributed by atoms with van der Waals surface area (Å²) in [4.78, 5) is 18.8. The predicted molar refractivity (Wildman–Crippen MR) is 135 cm³/mol. The van der Waals surface area contributed by atoms with E-state index in [9.17, 15) is 8.78 Å². The van der Waals surface area contributed by atoms with Crippen LogP contribution in [0.3, 0.4) is 0 Å². The second-order valence-corrected chi connectivity index (χ2v) is 10.00. The molecule has 0 spiro atoms. The molecule has 0 saturated carbocycles. The summed E-state index contributed by atoms with van der Waals surface area (Å²) in [6.07, 6.45) is 2.44. The lowest BCUT2D eigenvalue weighted by Crippen LogP contribution is -2.46. The van der Waals surface area contributed by atoms with Crippen molar-refractivity contribution in [2.45, 2.75) is 52.3 Å². The molecule has 1 aliphatic rings. The number of halogens is 2. The SMILES string of the molecule is COC(C)(C)Cc1cc2nc(N3CCN(Cc4ccc(F)cc4F)CC3)c(NC(C)C)nc2cn1. The van der Waals surface area contributed by atoms with Crippen LogP contribution in [0.2, 0.25) is 0 Å². The van der Waals surface area contributed by atoms with Crippen LogP contribution in [0.25, 0.3) is 11.0 Å². The molecule has 0 amide bonds. The fourth-order valence-electron chi connectivity index (χ4n) is 4.20. The molecule has 0 atom stereocenters. The predicted octanol–water partition coefficient (Wildman–Crippen LogP) is 4.41. The first-order valence-electron chi connectivity index (χ1n) is 12.0. The zero-order valence-electron chi connectivity index (χ0n) is 21.1. The number of hydrogen-bond acceptors (Lipinski definition) is 7. The molecule has 1 aliphatic heterocycles. The summed E-state index contributed by atoms with van der Waals surface area (Å²) in [5.41, 5.74) is 2.62. The first kappa shape index (κ1) is 25.2. The van der Waals surface area contributed by atoms with Crippen molar-refractivity contribution >= 4 is 22.7 Å². The van der Waals surface area contributed by atoms with Gasteiger partial charge in [0.2, 0.25) is 0 Å². The average molecular weight is 485 g/mol. The van der Waals surface area contributed by atoms with Gasteiger partial charge in [-0.15, -0.1) is 0 Å². The third kappa shape index (κ3) is 6.21. The van der Waals surface area contributed by atoms with E-state index < -0.39 is 11.6 Å². The maximum Gasteiger partial charge on any atom is 0.172 e. The molecule has 1 fully saturated rings. The third-order valence-corrected chi connectivity index (χ3v) is 6.25. The van der Waals surface area contributed by atoms with Gasteiger partial charge >= 0.3 is 0 Å². The quantitative estimate of drug-likeness (QED) is 0.508. The van der Waals surface area contributed by atoms with E-state index in [0.29, 0.717) is 18.5 Å². The standard InChI is InChI=1S/C26H34F2N6O/c1-17(2)30-24-25(32-22-13-20(14-26(3,4)35-5)29-15-23(22)31-24)34-10-8-33(9-11-34)16-18-6-7-19(27)12-21(18)28/h6-7,12-13,15,17H,8-11,14,16H2,1-5H3,(H,30,31). The largest absolute Gasteiger partial charge is 0.378 e. The number of rotatable bonds is 8. The number of benzene rings is 1. The smallest absolute Gasteiger partial charge is 0.172 e. The van der Waals surface area contributed by atoms with Crippen molar-refractivity contribution in [1.29, 1.82) is 0 Å². The van der Waals surface area contributed by atoms with E-state index in [1.807, 2.05) is 19.9 Å². The Kier molecular flexibility index (Phi) is 7.47. The highest BCUT2D eigenvalue weighted by Gasteiger charge is 2.24. The molecule has 0 aliphatic carbocycles. The molecule has 0 radical (unpaired) electrons. The van der Waals surface area contributed by atoms with Gasteiger partial charge in [-0.2, -0.15) is 0 Å². The average Bonchev–Trinajstić information content (AvgIpc) is 2.80. The summed E-state index contributed by atoms with van der Waals surface area (Å²) >= 11 is 0. The molecule has 2 aromatic heterocycles. The van der Waals surface area contributed by atoms with E-state index in [2.05, 4.69) is 33.9 Å². The van der Waals surface area contributed by atoms with E-state index >= 15 is 0 Å². The monoisotopic (exact) mass is 484 g/mol. The van der Waals surface area contributed by atoms with E-state index in [1.165, 1.54) is 12.1 Å². The Hall–Kier alpha value is -2.91. The summed E-state index contributed by atoms with van der Waals surface area (Å²) in [5, 5.41) is 3.43. The van der Waals surface area contributed by atoms with Crippen LogP contribution in [0.4, 0.5) is 20.4 Å². The Morgan fingerprint density at radius 2 is 1.80 bits per heavy atom. The molecule has 4 rings (SSSR count). The van der Waals surface area contributed by atoms with Crippen LogP contribution in [0.1, 0.15) is 39.0 Å². The molecule has 188 valence electrons. The number of hydrogen-bond donors (Lipinski definition) is 1. The van der Waals surface area contributed by atoms with Crippen LogP contribution in [-0.2, 0) is 17.7 Å². The van der Waals surface area contributed by atoms with Gasteiger partial charge in [-0.05, 0) is 39.8 Å². The number of ether oxygens (including phenoxy) is 1. The minimum Gasteiger partial charge on any atom is -0.378 e. The number of aromatic nitrogens is 3. The van der Waals surface area contributed by atoms with Gasteiger partial charge in [-0.25, -0.2) is 18.7 Å². The van der Waals surface area contributed by atoms with E-state index in [0.717, 1.165) is 60.6 Å². The Morgan fingerprint density at radius 3 is 2.46 bits per heavy atom. The molecule has 1 aromatic carbocycles. The van der Waals surface area contributed by atoms with Crippen molar-refractivity contribution in [3.8, 4) is 0 Å². The molecule has 3 heterocycles. The first-order chi connectivity index (χ1) is 16.6. The normalized spacial score (nSPS) is 15.3. The molecular formula is C26H34F2N6O. The molecule has 0 bridgehead atoms. The zero-order valence-corrected chi connectivity index (χ0v) is 21.1. The van der Waals surface area contributed by atoms with Crippen molar-refractivity contribution in [2.75, 3.05) is 43.5 Å².